The van der Waals surface area contributed by atoms with Crippen molar-refractivity contribution in [3.8, 4) is 0 Å². The van der Waals surface area contributed by atoms with Crippen LogP contribution in [0, 0.1) is 10.1 Å². The molecule has 2 atom stereocenters. The van der Waals surface area contributed by atoms with Gasteiger partial charge in [-0.25, -0.2) is 9.59 Å². The van der Waals surface area contributed by atoms with E-state index < -0.39 is 34.6 Å². The van der Waals surface area contributed by atoms with Gasteiger partial charge in [-0.15, -0.1) is 0 Å². The first-order chi connectivity index (χ1) is 14.2. The third-order valence-corrected chi connectivity index (χ3v) is 4.19. The molecule has 0 bridgehead atoms. The maximum Gasteiger partial charge on any atom is 0.339 e. The van der Waals surface area contributed by atoms with Crippen molar-refractivity contribution in [3.63, 3.8) is 0 Å². The standard InChI is InChI=1S/C21H22N2O7/c1-4-29-20(25)16-10-17(12-18(11-16)23(27)28)21(26)30-14(3)19(24)22-13(2)15-8-6-5-7-9-15/h5-14H,4H2,1-3H3,(H,22,24). The van der Waals surface area contributed by atoms with Crippen LogP contribution in [0.25, 0.3) is 0 Å². The second-order valence-electron chi connectivity index (χ2n) is 6.43. The van der Waals surface area contributed by atoms with E-state index >= 15 is 0 Å². The van der Waals surface area contributed by atoms with Crippen molar-refractivity contribution >= 4 is 23.5 Å². The van der Waals surface area contributed by atoms with E-state index in [0.717, 1.165) is 23.8 Å². The van der Waals surface area contributed by atoms with Crippen LogP contribution in [0.1, 0.15) is 53.1 Å². The van der Waals surface area contributed by atoms with Crippen LogP contribution in [0.2, 0.25) is 0 Å². The molecule has 0 saturated heterocycles. The zero-order chi connectivity index (χ0) is 22.3. The van der Waals surface area contributed by atoms with Crippen LogP contribution in [0.15, 0.2) is 48.5 Å². The van der Waals surface area contributed by atoms with E-state index in [0.29, 0.717) is 0 Å². The van der Waals surface area contributed by atoms with E-state index in [1.165, 1.54) is 6.92 Å². The van der Waals surface area contributed by atoms with Gasteiger partial charge in [-0.05, 0) is 32.4 Å². The highest BCUT2D eigenvalue weighted by Crippen LogP contribution is 2.20. The predicted octanol–water partition coefficient (Wildman–Crippen LogP) is 3.19. The molecule has 1 N–H and O–H groups in total. The van der Waals surface area contributed by atoms with Crippen LogP contribution in [0.4, 0.5) is 5.69 Å². The molecule has 0 aliphatic heterocycles. The number of hydrogen-bond donors (Lipinski definition) is 1. The molecule has 0 heterocycles. The summed E-state index contributed by atoms with van der Waals surface area (Å²) in [7, 11) is 0. The normalized spacial score (nSPS) is 12.4. The predicted molar refractivity (Wildman–Crippen MR) is 107 cm³/mol. The van der Waals surface area contributed by atoms with E-state index in [2.05, 4.69) is 5.32 Å². The number of carbonyl (C=O) groups is 3. The summed E-state index contributed by atoms with van der Waals surface area (Å²) < 4.78 is 9.96. The van der Waals surface area contributed by atoms with Crippen LogP contribution in [0.3, 0.4) is 0 Å². The van der Waals surface area contributed by atoms with E-state index in [9.17, 15) is 24.5 Å². The van der Waals surface area contributed by atoms with Gasteiger partial charge >= 0.3 is 11.9 Å². The van der Waals surface area contributed by atoms with Gasteiger partial charge in [0.2, 0.25) is 0 Å². The lowest BCUT2D eigenvalue weighted by Gasteiger charge is -2.18. The number of nitro benzene ring substituents is 1. The number of rotatable bonds is 8. The fourth-order valence-electron chi connectivity index (χ4n) is 2.60. The molecule has 9 heteroatoms. The number of carbonyl (C=O) groups excluding carboxylic acids is 3. The molecule has 0 fully saturated rings. The Bertz CT molecular complexity index is 944. The van der Waals surface area contributed by atoms with Crippen molar-refractivity contribution < 1.29 is 28.8 Å². The molecular formula is C21H22N2O7. The number of esters is 2. The summed E-state index contributed by atoms with van der Waals surface area (Å²) in [5.41, 5.74) is 0.0141. The van der Waals surface area contributed by atoms with Gasteiger partial charge in [0.05, 0.1) is 28.7 Å². The summed E-state index contributed by atoms with van der Waals surface area (Å²) in [5, 5.41) is 13.9. The fraction of sp³-hybridized carbons (Fsp3) is 0.286. The Morgan fingerprint density at radius 3 is 2.20 bits per heavy atom. The maximum absolute atomic E-state index is 12.4. The van der Waals surface area contributed by atoms with Crippen LogP contribution in [-0.4, -0.2) is 35.5 Å². The zero-order valence-corrected chi connectivity index (χ0v) is 16.8. The second kappa shape index (κ2) is 10.1. The Labute approximate surface area is 173 Å². The van der Waals surface area contributed by atoms with Crippen molar-refractivity contribution in [2.75, 3.05) is 6.61 Å². The smallest absolute Gasteiger partial charge is 0.339 e. The van der Waals surface area contributed by atoms with Crippen molar-refractivity contribution in [2.45, 2.75) is 32.9 Å². The molecule has 2 aromatic rings. The van der Waals surface area contributed by atoms with Crippen molar-refractivity contribution in [1.29, 1.82) is 0 Å². The molecule has 0 aliphatic carbocycles. The fourth-order valence-corrected chi connectivity index (χ4v) is 2.60. The SMILES string of the molecule is CCOC(=O)c1cc(C(=O)OC(C)C(=O)NC(C)c2ccccc2)cc([N+](=O)[O-])c1. The summed E-state index contributed by atoms with van der Waals surface area (Å²) >= 11 is 0. The summed E-state index contributed by atoms with van der Waals surface area (Å²) in [6.45, 7) is 4.82. The molecule has 2 unspecified atom stereocenters. The lowest BCUT2D eigenvalue weighted by Crippen LogP contribution is -2.37. The summed E-state index contributed by atoms with van der Waals surface area (Å²) in [4.78, 5) is 47.1. The van der Waals surface area contributed by atoms with Crippen molar-refractivity contribution in [2.24, 2.45) is 0 Å². The molecule has 0 saturated carbocycles. The molecule has 0 aliphatic rings. The van der Waals surface area contributed by atoms with Crippen molar-refractivity contribution in [1.82, 2.24) is 5.32 Å². The molecule has 1 amide bonds. The molecule has 2 aromatic carbocycles. The number of hydrogen-bond acceptors (Lipinski definition) is 7. The summed E-state index contributed by atoms with van der Waals surface area (Å²) in [6, 6.07) is 12.0. The number of ether oxygens (including phenoxy) is 2. The minimum absolute atomic E-state index is 0.0676. The highest BCUT2D eigenvalue weighted by molar-refractivity contribution is 5.97. The average molecular weight is 414 g/mol. The Morgan fingerprint density at radius 1 is 1.03 bits per heavy atom. The molecular weight excluding hydrogens is 392 g/mol. The van der Waals surface area contributed by atoms with Gasteiger partial charge in [-0.3, -0.25) is 14.9 Å². The number of nitrogens with zero attached hydrogens (tertiary/aromatic N) is 1. The van der Waals surface area contributed by atoms with Crippen LogP contribution in [-0.2, 0) is 14.3 Å². The van der Waals surface area contributed by atoms with Crippen molar-refractivity contribution in [3.05, 3.63) is 75.3 Å². The number of benzene rings is 2. The minimum atomic E-state index is -1.16. The van der Waals surface area contributed by atoms with Crippen LogP contribution < -0.4 is 5.32 Å². The highest BCUT2D eigenvalue weighted by atomic mass is 16.6. The quantitative estimate of drug-likeness (QED) is 0.399. The van der Waals surface area contributed by atoms with Crippen LogP contribution >= 0.6 is 0 Å². The largest absolute Gasteiger partial charge is 0.462 e. The Hall–Kier alpha value is -3.75. The number of nitro groups is 1. The topological polar surface area (TPSA) is 125 Å². The number of non-ortho nitro benzene ring substituents is 1. The molecule has 2 rings (SSSR count). The minimum Gasteiger partial charge on any atom is -0.462 e. The van der Waals surface area contributed by atoms with Gasteiger partial charge in [0, 0.05) is 12.1 Å². The second-order valence-corrected chi connectivity index (χ2v) is 6.43. The van der Waals surface area contributed by atoms with E-state index in [-0.39, 0.29) is 23.8 Å². The Kier molecular flexibility index (Phi) is 7.62. The molecule has 0 spiro atoms. The monoisotopic (exact) mass is 414 g/mol. The first kappa shape index (κ1) is 22.5. The van der Waals surface area contributed by atoms with Gasteiger partial charge in [0.25, 0.3) is 11.6 Å². The Balaban J connectivity index is 2.12. The van der Waals surface area contributed by atoms with Gasteiger partial charge in [0.15, 0.2) is 6.10 Å². The zero-order valence-electron chi connectivity index (χ0n) is 16.8. The molecule has 0 aromatic heterocycles. The summed E-state index contributed by atoms with van der Waals surface area (Å²) in [6.07, 6.45) is -1.16. The lowest BCUT2D eigenvalue weighted by atomic mass is 10.1. The number of amides is 1. The lowest BCUT2D eigenvalue weighted by molar-refractivity contribution is -0.384. The van der Waals surface area contributed by atoms with E-state index in [1.807, 2.05) is 30.3 Å². The number of nitrogens with one attached hydrogen (secondary N) is 1. The first-order valence-electron chi connectivity index (χ1n) is 9.25. The van der Waals surface area contributed by atoms with Gasteiger partial charge in [-0.1, -0.05) is 30.3 Å². The van der Waals surface area contributed by atoms with Crippen LogP contribution in [0.5, 0.6) is 0 Å². The molecule has 158 valence electrons. The average Bonchev–Trinajstić information content (AvgIpc) is 2.73. The maximum atomic E-state index is 12.4. The molecule has 30 heavy (non-hydrogen) atoms. The molecule has 9 nitrogen and oxygen atoms in total. The van der Waals surface area contributed by atoms with E-state index in [1.54, 1.807) is 13.8 Å². The molecule has 0 radical (unpaired) electrons. The van der Waals surface area contributed by atoms with E-state index in [4.69, 9.17) is 9.47 Å². The third-order valence-electron chi connectivity index (χ3n) is 4.19. The third kappa shape index (κ3) is 5.87. The van der Waals surface area contributed by atoms with Gasteiger partial charge in [0.1, 0.15) is 0 Å². The van der Waals surface area contributed by atoms with Gasteiger partial charge < -0.3 is 14.8 Å². The highest BCUT2D eigenvalue weighted by Gasteiger charge is 2.24. The summed E-state index contributed by atoms with van der Waals surface area (Å²) in [5.74, 6) is -2.31. The van der Waals surface area contributed by atoms with Gasteiger partial charge in [-0.2, -0.15) is 0 Å². The first-order valence-corrected chi connectivity index (χ1v) is 9.25. The Morgan fingerprint density at radius 2 is 1.63 bits per heavy atom.